The van der Waals surface area contributed by atoms with Crippen molar-refractivity contribution in [3.63, 3.8) is 0 Å². The highest BCUT2D eigenvalue weighted by molar-refractivity contribution is 7.90. The van der Waals surface area contributed by atoms with Crippen LogP contribution in [-0.4, -0.2) is 47.5 Å². The number of hydrogen-bond acceptors (Lipinski definition) is 8. The maximum Gasteiger partial charge on any atom is 0.335 e. The number of ether oxygens (including phenoxy) is 2. The Hall–Kier alpha value is -2.83. The van der Waals surface area contributed by atoms with E-state index in [9.17, 15) is 13.2 Å². The first-order chi connectivity index (χ1) is 13.7. The minimum absolute atomic E-state index is 0.0108. The van der Waals surface area contributed by atoms with Gasteiger partial charge < -0.3 is 9.47 Å². The number of methoxy groups -OCH3 is 1. The molecule has 2 N–H and O–H groups in total. The fraction of sp³-hybridized carbons (Fsp3) is 0.200. The number of carbonyl (C=O) groups excluding carboxylic acids is 1. The number of halogens is 2. The van der Waals surface area contributed by atoms with Crippen molar-refractivity contribution in [1.82, 2.24) is 24.1 Å². The Kier molecular flexibility index (Phi) is 5.96. The Morgan fingerprint density at radius 1 is 1.24 bits per heavy atom. The zero-order valence-corrected chi connectivity index (χ0v) is 17.3. The summed E-state index contributed by atoms with van der Waals surface area (Å²) in [6, 6.07) is 3.32. The van der Waals surface area contributed by atoms with E-state index in [0.29, 0.717) is 12.4 Å². The van der Waals surface area contributed by atoms with E-state index in [0.717, 1.165) is 0 Å². The van der Waals surface area contributed by atoms with E-state index in [1.54, 1.807) is 13.0 Å². The smallest absolute Gasteiger partial charge is 0.335 e. The molecule has 0 unspecified atom stereocenters. The Balaban J connectivity index is 1.89. The maximum absolute atomic E-state index is 12.7. The molecule has 3 aromatic rings. The molecule has 3 aromatic heterocycles. The largest absolute Gasteiger partial charge is 0.492 e. The Bertz CT molecular complexity index is 1180. The molecule has 2 amide bonds. The van der Waals surface area contributed by atoms with Crippen LogP contribution in [-0.2, 0) is 10.0 Å². The van der Waals surface area contributed by atoms with E-state index >= 15 is 0 Å². The average Bonchev–Trinajstić information content (AvgIpc) is 2.96. The summed E-state index contributed by atoms with van der Waals surface area (Å²) in [5.41, 5.74) is 0.252. The number of fused-ring (bicyclic) bond motifs is 1. The van der Waals surface area contributed by atoms with E-state index in [1.807, 2.05) is 4.72 Å². The van der Waals surface area contributed by atoms with Crippen LogP contribution in [0.4, 0.5) is 10.7 Å². The number of imidazole rings is 1. The van der Waals surface area contributed by atoms with Gasteiger partial charge in [0.05, 0.1) is 19.9 Å². The molecule has 0 saturated heterocycles. The lowest BCUT2D eigenvalue weighted by Gasteiger charge is -2.09. The van der Waals surface area contributed by atoms with Gasteiger partial charge >= 0.3 is 6.03 Å². The third kappa shape index (κ3) is 4.60. The van der Waals surface area contributed by atoms with Gasteiger partial charge in [0.25, 0.3) is 10.0 Å². The predicted molar refractivity (Wildman–Crippen MR) is 104 cm³/mol. The molecule has 0 fully saturated rings. The summed E-state index contributed by atoms with van der Waals surface area (Å²) in [6.07, 6.45) is 1.40. The summed E-state index contributed by atoms with van der Waals surface area (Å²) in [6.45, 7) is 2.15. The molecule has 11 nitrogen and oxygen atoms in total. The van der Waals surface area contributed by atoms with E-state index < -0.39 is 21.1 Å². The second-order valence-corrected chi connectivity index (χ2v) is 7.69. The molecular weight excluding hydrogens is 447 g/mol. The standard InChI is InChI=1S/C15H14Cl2N6O5S/c1-3-28-8-4-5-10-19-12(17)13(23(10)7-8)29(25,26)22-15(24)21-14-18-9(16)6-11(20-14)27-2/h4-7H,3H2,1-2H3,(H2,18,20,21,22,24). The minimum atomic E-state index is -4.42. The molecule has 0 aliphatic carbocycles. The van der Waals surface area contributed by atoms with Crippen LogP contribution in [0, 0.1) is 0 Å². The highest BCUT2D eigenvalue weighted by atomic mass is 35.5. The van der Waals surface area contributed by atoms with Gasteiger partial charge in [0.1, 0.15) is 16.5 Å². The van der Waals surface area contributed by atoms with Crippen molar-refractivity contribution in [3.8, 4) is 11.6 Å². The first-order valence-corrected chi connectivity index (χ1v) is 10.2. The van der Waals surface area contributed by atoms with Gasteiger partial charge in [-0.2, -0.15) is 13.4 Å². The number of urea groups is 1. The maximum atomic E-state index is 12.7. The predicted octanol–water partition coefficient (Wildman–Crippen LogP) is 2.35. The number of aromatic nitrogens is 4. The lowest BCUT2D eigenvalue weighted by molar-refractivity contribution is 0.256. The normalized spacial score (nSPS) is 11.3. The first-order valence-electron chi connectivity index (χ1n) is 7.96. The number of sulfonamides is 1. The van der Waals surface area contributed by atoms with E-state index in [-0.39, 0.29) is 27.8 Å². The van der Waals surface area contributed by atoms with Gasteiger partial charge in [-0.15, -0.1) is 0 Å². The highest BCUT2D eigenvalue weighted by Crippen LogP contribution is 2.25. The van der Waals surface area contributed by atoms with Crippen molar-refractivity contribution in [2.75, 3.05) is 19.0 Å². The number of anilines is 1. The lowest BCUT2D eigenvalue weighted by Crippen LogP contribution is -2.35. The molecule has 0 radical (unpaired) electrons. The van der Waals surface area contributed by atoms with Crippen molar-refractivity contribution < 1.29 is 22.7 Å². The number of nitrogens with zero attached hydrogens (tertiary/aromatic N) is 4. The van der Waals surface area contributed by atoms with E-state index in [4.69, 9.17) is 32.7 Å². The van der Waals surface area contributed by atoms with Crippen LogP contribution in [0.2, 0.25) is 10.3 Å². The van der Waals surface area contributed by atoms with Gasteiger partial charge in [-0.3, -0.25) is 9.72 Å². The number of amides is 2. The van der Waals surface area contributed by atoms with Crippen LogP contribution in [0.3, 0.4) is 0 Å². The monoisotopic (exact) mass is 460 g/mol. The summed E-state index contributed by atoms with van der Waals surface area (Å²) in [7, 11) is -3.08. The molecule has 0 bridgehead atoms. The molecule has 3 heterocycles. The third-order valence-electron chi connectivity index (χ3n) is 3.41. The molecule has 0 saturated carbocycles. The van der Waals surface area contributed by atoms with E-state index in [2.05, 4.69) is 20.3 Å². The summed E-state index contributed by atoms with van der Waals surface area (Å²) in [5, 5.41) is 1.40. The van der Waals surface area contributed by atoms with Crippen molar-refractivity contribution in [2.24, 2.45) is 0 Å². The van der Waals surface area contributed by atoms with Gasteiger partial charge in [0.2, 0.25) is 11.8 Å². The van der Waals surface area contributed by atoms with Crippen LogP contribution in [0.25, 0.3) is 5.65 Å². The first kappa shape index (κ1) is 20.9. The van der Waals surface area contributed by atoms with Gasteiger partial charge in [0.15, 0.2) is 10.2 Å². The Morgan fingerprint density at radius 3 is 2.69 bits per heavy atom. The van der Waals surface area contributed by atoms with Crippen LogP contribution >= 0.6 is 23.2 Å². The summed E-state index contributed by atoms with van der Waals surface area (Å²) >= 11 is 11.8. The summed E-state index contributed by atoms with van der Waals surface area (Å²) in [4.78, 5) is 23.8. The fourth-order valence-electron chi connectivity index (χ4n) is 2.32. The fourth-order valence-corrected chi connectivity index (χ4v) is 4.04. The molecule has 0 aliphatic heterocycles. The van der Waals surface area contributed by atoms with Gasteiger partial charge in [-0.1, -0.05) is 23.2 Å². The minimum Gasteiger partial charge on any atom is -0.492 e. The van der Waals surface area contributed by atoms with Gasteiger partial charge in [-0.25, -0.2) is 19.5 Å². The molecule has 0 spiro atoms. The number of pyridine rings is 1. The molecule has 14 heteroatoms. The van der Waals surface area contributed by atoms with Crippen molar-refractivity contribution in [1.29, 1.82) is 0 Å². The zero-order valence-electron chi connectivity index (χ0n) is 15.0. The molecule has 154 valence electrons. The SMILES string of the molecule is CCOc1ccc2nc(Cl)c(S(=O)(=O)NC(=O)Nc3nc(Cl)cc(OC)n3)n2c1. The van der Waals surface area contributed by atoms with Crippen LogP contribution in [0.15, 0.2) is 29.4 Å². The van der Waals surface area contributed by atoms with Crippen LogP contribution in [0.1, 0.15) is 6.92 Å². The number of carbonyl (C=O) groups is 1. The van der Waals surface area contributed by atoms with E-state index in [1.165, 1.54) is 29.8 Å². The highest BCUT2D eigenvalue weighted by Gasteiger charge is 2.27. The van der Waals surface area contributed by atoms with Crippen molar-refractivity contribution >= 4 is 50.9 Å². The van der Waals surface area contributed by atoms with Crippen LogP contribution in [0.5, 0.6) is 11.6 Å². The molecule has 0 aliphatic rings. The number of hydrogen-bond donors (Lipinski definition) is 2. The average molecular weight is 461 g/mol. The Morgan fingerprint density at radius 2 is 2.00 bits per heavy atom. The second-order valence-electron chi connectivity index (χ2n) is 5.35. The zero-order chi connectivity index (χ0) is 21.2. The van der Waals surface area contributed by atoms with Crippen LogP contribution < -0.4 is 19.5 Å². The molecule has 29 heavy (non-hydrogen) atoms. The van der Waals surface area contributed by atoms with Crippen molar-refractivity contribution in [2.45, 2.75) is 11.9 Å². The second kappa shape index (κ2) is 8.27. The van der Waals surface area contributed by atoms with Gasteiger partial charge in [0, 0.05) is 6.07 Å². The molecule has 0 atom stereocenters. The van der Waals surface area contributed by atoms with Crippen molar-refractivity contribution in [3.05, 3.63) is 34.7 Å². The number of nitrogens with one attached hydrogen (secondary N) is 2. The summed E-state index contributed by atoms with van der Waals surface area (Å²) < 4.78 is 38.8. The lowest BCUT2D eigenvalue weighted by atomic mass is 10.4. The topological polar surface area (TPSA) is 137 Å². The Labute approximate surface area is 175 Å². The summed E-state index contributed by atoms with van der Waals surface area (Å²) in [5.74, 6) is 0.218. The number of rotatable bonds is 6. The molecule has 0 aromatic carbocycles. The third-order valence-corrected chi connectivity index (χ3v) is 5.33. The molecular formula is C15H14Cl2N6O5S. The van der Waals surface area contributed by atoms with Gasteiger partial charge in [-0.05, 0) is 19.1 Å². The molecule has 3 rings (SSSR count). The quantitative estimate of drug-likeness (QED) is 0.534.